The van der Waals surface area contributed by atoms with Gasteiger partial charge in [-0.3, -0.25) is 4.79 Å². The minimum absolute atomic E-state index is 0.0360. The van der Waals surface area contributed by atoms with E-state index in [9.17, 15) is 4.79 Å². The molecule has 0 saturated heterocycles. The van der Waals surface area contributed by atoms with E-state index >= 15 is 0 Å². The molecule has 0 unspecified atom stereocenters. The number of para-hydroxylation sites is 1. The number of anilines is 1. The van der Waals surface area contributed by atoms with Gasteiger partial charge in [0.25, 0.3) is 0 Å². The SMILES string of the molecule is O=C(Nc1ccccc1)[C@H]1C[C@@H]1c1cc(Cl)nn2ccnc12. The maximum Gasteiger partial charge on any atom is 0.228 e. The number of carbonyl (C=O) groups is 1. The molecule has 1 aliphatic carbocycles. The molecule has 4 rings (SSSR count). The van der Waals surface area contributed by atoms with Gasteiger partial charge in [0.15, 0.2) is 5.65 Å². The molecule has 1 aromatic carbocycles. The Morgan fingerprint density at radius 2 is 2.14 bits per heavy atom. The number of carbonyl (C=O) groups excluding carboxylic acids is 1. The molecule has 0 aliphatic heterocycles. The van der Waals surface area contributed by atoms with E-state index in [1.54, 1.807) is 16.9 Å². The Kier molecular flexibility index (Phi) is 3.08. The lowest BCUT2D eigenvalue weighted by Gasteiger charge is -2.06. The third-order valence-corrected chi connectivity index (χ3v) is 4.11. The Morgan fingerprint density at radius 1 is 1.32 bits per heavy atom. The molecule has 2 aromatic heterocycles. The van der Waals surface area contributed by atoms with E-state index in [0.717, 1.165) is 23.3 Å². The van der Waals surface area contributed by atoms with Gasteiger partial charge in [-0.05, 0) is 24.6 Å². The van der Waals surface area contributed by atoms with Crippen LogP contribution in [0.15, 0.2) is 48.8 Å². The van der Waals surface area contributed by atoms with Crippen LogP contribution in [0.4, 0.5) is 5.69 Å². The molecule has 1 aliphatic rings. The predicted molar refractivity (Wildman–Crippen MR) is 83.9 cm³/mol. The van der Waals surface area contributed by atoms with Crippen molar-refractivity contribution in [3.63, 3.8) is 0 Å². The molecule has 1 fully saturated rings. The fourth-order valence-corrected chi connectivity index (χ4v) is 2.97. The van der Waals surface area contributed by atoms with Crippen LogP contribution < -0.4 is 5.32 Å². The Morgan fingerprint density at radius 3 is 2.95 bits per heavy atom. The van der Waals surface area contributed by atoms with Crippen molar-refractivity contribution in [2.24, 2.45) is 5.92 Å². The van der Waals surface area contributed by atoms with E-state index in [2.05, 4.69) is 15.4 Å². The van der Waals surface area contributed by atoms with Gasteiger partial charge in [0.2, 0.25) is 5.91 Å². The number of fused-ring (bicyclic) bond motifs is 1. The highest BCUT2D eigenvalue weighted by Gasteiger charge is 2.45. The van der Waals surface area contributed by atoms with E-state index in [1.807, 2.05) is 36.4 Å². The average Bonchev–Trinajstić information content (AvgIpc) is 3.18. The van der Waals surface area contributed by atoms with Gasteiger partial charge in [0.05, 0.1) is 0 Å². The van der Waals surface area contributed by atoms with Crippen molar-refractivity contribution in [2.45, 2.75) is 12.3 Å². The van der Waals surface area contributed by atoms with Crippen LogP contribution in [0.2, 0.25) is 5.15 Å². The fourth-order valence-electron chi connectivity index (χ4n) is 2.77. The van der Waals surface area contributed by atoms with Crippen LogP contribution in [-0.2, 0) is 4.79 Å². The van der Waals surface area contributed by atoms with Crippen molar-refractivity contribution in [1.82, 2.24) is 14.6 Å². The number of halogens is 1. The molecular formula is C16H13ClN4O. The zero-order chi connectivity index (χ0) is 15.1. The first-order valence-electron chi connectivity index (χ1n) is 7.08. The summed E-state index contributed by atoms with van der Waals surface area (Å²) in [5.74, 6) is 0.141. The molecule has 110 valence electrons. The van der Waals surface area contributed by atoms with Crippen molar-refractivity contribution in [3.05, 3.63) is 59.5 Å². The normalized spacial score (nSPS) is 20.0. The number of hydrogen-bond donors (Lipinski definition) is 1. The first-order chi connectivity index (χ1) is 10.7. The molecule has 0 radical (unpaired) electrons. The summed E-state index contributed by atoms with van der Waals surface area (Å²) in [5, 5.41) is 7.52. The summed E-state index contributed by atoms with van der Waals surface area (Å²) in [6.07, 6.45) is 4.25. The van der Waals surface area contributed by atoms with Gasteiger partial charge in [0.1, 0.15) is 5.15 Å². The van der Waals surface area contributed by atoms with Crippen LogP contribution in [0.25, 0.3) is 5.65 Å². The van der Waals surface area contributed by atoms with E-state index in [1.165, 1.54) is 0 Å². The van der Waals surface area contributed by atoms with Gasteiger partial charge in [-0.1, -0.05) is 29.8 Å². The van der Waals surface area contributed by atoms with Crippen LogP contribution in [0.5, 0.6) is 0 Å². The molecular weight excluding hydrogens is 300 g/mol. The number of aromatic nitrogens is 3. The summed E-state index contributed by atoms with van der Waals surface area (Å²) < 4.78 is 1.65. The van der Waals surface area contributed by atoms with Crippen LogP contribution in [-0.4, -0.2) is 20.5 Å². The Hall–Kier alpha value is -2.40. The summed E-state index contributed by atoms with van der Waals surface area (Å²) >= 11 is 6.05. The van der Waals surface area contributed by atoms with Gasteiger partial charge < -0.3 is 5.32 Å². The highest BCUT2D eigenvalue weighted by atomic mass is 35.5. The van der Waals surface area contributed by atoms with E-state index in [4.69, 9.17) is 11.6 Å². The summed E-state index contributed by atoms with van der Waals surface area (Å²) in [6, 6.07) is 11.3. The number of imidazole rings is 1. The van der Waals surface area contributed by atoms with E-state index in [-0.39, 0.29) is 17.7 Å². The quantitative estimate of drug-likeness (QED) is 0.808. The first kappa shape index (κ1) is 13.3. The van der Waals surface area contributed by atoms with Gasteiger partial charge in [-0.25, -0.2) is 9.50 Å². The number of nitrogens with one attached hydrogen (secondary N) is 1. The Bertz CT molecular complexity index is 846. The largest absolute Gasteiger partial charge is 0.326 e. The van der Waals surface area contributed by atoms with Gasteiger partial charge in [0, 0.05) is 35.5 Å². The number of benzene rings is 1. The highest BCUT2D eigenvalue weighted by Crippen LogP contribution is 2.49. The zero-order valence-electron chi connectivity index (χ0n) is 11.6. The number of amides is 1. The maximum atomic E-state index is 12.3. The van der Waals surface area contributed by atoms with Crippen molar-refractivity contribution in [3.8, 4) is 0 Å². The van der Waals surface area contributed by atoms with Crippen LogP contribution in [0.1, 0.15) is 17.9 Å². The summed E-state index contributed by atoms with van der Waals surface area (Å²) in [7, 11) is 0. The highest BCUT2D eigenvalue weighted by molar-refractivity contribution is 6.29. The molecule has 0 spiro atoms. The number of hydrogen-bond acceptors (Lipinski definition) is 3. The molecule has 0 bridgehead atoms. The lowest BCUT2D eigenvalue weighted by molar-refractivity contribution is -0.117. The molecule has 2 heterocycles. The molecule has 1 amide bonds. The monoisotopic (exact) mass is 312 g/mol. The standard InChI is InChI=1S/C16H13ClN4O/c17-14-9-12(15-18-6-7-21(15)20-14)11-8-13(11)16(22)19-10-4-2-1-3-5-10/h1-7,9,11,13H,8H2,(H,19,22)/t11-,13+/m1/s1. The van der Waals surface area contributed by atoms with Gasteiger partial charge >= 0.3 is 0 Å². The summed E-state index contributed by atoms with van der Waals surface area (Å²) in [6.45, 7) is 0. The minimum Gasteiger partial charge on any atom is -0.326 e. The molecule has 1 N–H and O–H groups in total. The fraction of sp³-hybridized carbons (Fsp3) is 0.188. The molecule has 1 saturated carbocycles. The van der Waals surface area contributed by atoms with Gasteiger partial charge in [-0.2, -0.15) is 5.10 Å². The van der Waals surface area contributed by atoms with Gasteiger partial charge in [-0.15, -0.1) is 0 Å². The minimum atomic E-state index is -0.0424. The molecule has 3 aromatic rings. The molecule has 22 heavy (non-hydrogen) atoms. The summed E-state index contributed by atoms with van der Waals surface area (Å²) in [5.41, 5.74) is 2.57. The third kappa shape index (κ3) is 2.33. The van der Waals surface area contributed by atoms with Crippen LogP contribution in [0.3, 0.4) is 0 Å². The third-order valence-electron chi connectivity index (χ3n) is 3.93. The second-order valence-corrected chi connectivity index (χ2v) is 5.81. The molecule has 5 nitrogen and oxygen atoms in total. The van der Waals surface area contributed by atoms with Crippen molar-refractivity contribution in [1.29, 1.82) is 0 Å². The average molecular weight is 313 g/mol. The first-order valence-corrected chi connectivity index (χ1v) is 7.46. The second-order valence-electron chi connectivity index (χ2n) is 5.42. The molecule has 6 heteroatoms. The Balaban J connectivity index is 1.56. The topological polar surface area (TPSA) is 59.3 Å². The second kappa shape index (κ2) is 5.10. The number of nitrogens with zero attached hydrogens (tertiary/aromatic N) is 3. The lowest BCUT2D eigenvalue weighted by Crippen LogP contribution is -2.14. The van der Waals surface area contributed by atoms with Crippen molar-refractivity contribution < 1.29 is 4.79 Å². The van der Waals surface area contributed by atoms with Crippen molar-refractivity contribution in [2.75, 3.05) is 5.32 Å². The lowest BCUT2D eigenvalue weighted by atomic mass is 10.1. The predicted octanol–water partition coefficient (Wildman–Crippen LogP) is 3.12. The Labute approximate surface area is 131 Å². The maximum absolute atomic E-state index is 12.3. The van der Waals surface area contributed by atoms with Crippen LogP contribution >= 0.6 is 11.6 Å². The summed E-state index contributed by atoms with van der Waals surface area (Å²) in [4.78, 5) is 16.6. The number of rotatable bonds is 3. The molecule has 2 atom stereocenters. The van der Waals surface area contributed by atoms with E-state index in [0.29, 0.717) is 5.15 Å². The smallest absolute Gasteiger partial charge is 0.228 e. The van der Waals surface area contributed by atoms with Crippen molar-refractivity contribution >= 4 is 28.8 Å². The zero-order valence-corrected chi connectivity index (χ0v) is 12.4. The van der Waals surface area contributed by atoms with Crippen LogP contribution in [0, 0.1) is 5.92 Å². The van der Waals surface area contributed by atoms with E-state index < -0.39 is 0 Å².